The molecule has 0 aliphatic carbocycles. The summed E-state index contributed by atoms with van der Waals surface area (Å²) in [5.74, 6) is -0.454. The van der Waals surface area contributed by atoms with E-state index in [0.717, 1.165) is 0 Å². The summed E-state index contributed by atoms with van der Waals surface area (Å²) in [6.07, 6.45) is 1.00. The Morgan fingerprint density at radius 3 is 2.36 bits per heavy atom. The van der Waals surface area contributed by atoms with Crippen molar-refractivity contribution in [1.29, 1.82) is 0 Å². The van der Waals surface area contributed by atoms with Crippen molar-refractivity contribution in [2.75, 3.05) is 13.1 Å². The first-order valence-corrected chi connectivity index (χ1v) is 10.6. The molecule has 1 aliphatic rings. The van der Waals surface area contributed by atoms with E-state index in [4.69, 9.17) is 4.74 Å². The number of hydrogen-bond acceptors (Lipinski definition) is 5. The SMILES string of the molecule is CC(C)C(NC(=O)c1cccs1)C(=O)NC1CCN(C(=O)OC(C)(C)C)CC1. The molecule has 28 heavy (non-hydrogen) atoms. The van der Waals surface area contributed by atoms with Crippen LogP contribution in [0.4, 0.5) is 4.79 Å². The van der Waals surface area contributed by atoms with E-state index < -0.39 is 11.6 Å². The Kier molecular flexibility index (Phi) is 7.46. The topological polar surface area (TPSA) is 87.7 Å². The Bertz CT molecular complexity index is 674. The molecule has 0 radical (unpaired) electrons. The van der Waals surface area contributed by atoms with Gasteiger partial charge in [-0.05, 0) is 51.0 Å². The molecule has 7 nitrogen and oxygen atoms in total. The first kappa shape index (κ1) is 22.2. The minimum Gasteiger partial charge on any atom is -0.444 e. The number of carbonyl (C=O) groups is 3. The maximum atomic E-state index is 12.7. The molecule has 2 rings (SSSR count). The third kappa shape index (κ3) is 6.51. The van der Waals surface area contributed by atoms with Crippen LogP contribution in [-0.4, -0.2) is 53.6 Å². The van der Waals surface area contributed by atoms with Crippen molar-refractivity contribution in [3.05, 3.63) is 22.4 Å². The standard InChI is InChI=1S/C20H31N3O4S/c1-13(2)16(22-17(24)15-7-6-12-28-15)18(25)21-14-8-10-23(11-9-14)19(26)27-20(3,4)5/h6-7,12-14,16H,8-11H2,1-5H3,(H,21,25)(H,22,24). The molecule has 1 fully saturated rings. The Balaban J connectivity index is 1.86. The van der Waals surface area contributed by atoms with Crippen LogP contribution in [-0.2, 0) is 9.53 Å². The molecule has 156 valence electrons. The predicted molar refractivity (Wildman–Crippen MR) is 109 cm³/mol. The minimum atomic E-state index is -0.599. The van der Waals surface area contributed by atoms with Gasteiger partial charge in [-0.15, -0.1) is 11.3 Å². The molecule has 0 saturated carbocycles. The van der Waals surface area contributed by atoms with E-state index >= 15 is 0 Å². The lowest BCUT2D eigenvalue weighted by Crippen LogP contribution is -2.54. The summed E-state index contributed by atoms with van der Waals surface area (Å²) >= 11 is 1.35. The fourth-order valence-corrected chi connectivity index (χ4v) is 3.61. The number of carbonyl (C=O) groups excluding carboxylic acids is 3. The largest absolute Gasteiger partial charge is 0.444 e. The lowest BCUT2D eigenvalue weighted by Gasteiger charge is -2.34. The summed E-state index contributed by atoms with van der Waals surface area (Å²) in [7, 11) is 0. The summed E-state index contributed by atoms with van der Waals surface area (Å²) in [5, 5.41) is 7.70. The monoisotopic (exact) mass is 409 g/mol. The zero-order valence-electron chi connectivity index (χ0n) is 17.3. The number of amides is 3. The first-order valence-electron chi connectivity index (χ1n) is 9.69. The van der Waals surface area contributed by atoms with Crippen LogP contribution in [0, 0.1) is 5.92 Å². The average molecular weight is 410 g/mol. The predicted octanol–water partition coefficient (Wildman–Crippen LogP) is 3.02. The van der Waals surface area contributed by atoms with Crippen LogP contribution in [0.3, 0.4) is 0 Å². The number of thiophene rings is 1. The second-order valence-electron chi connectivity index (χ2n) is 8.42. The number of piperidine rings is 1. The summed E-state index contributed by atoms with van der Waals surface area (Å²) in [6.45, 7) is 10.4. The van der Waals surface area contributed by atoms with E-state index in [-0.39, 0.29) is 29.9 Å². The molecule has 0 aromatic carbocycles. The van der Waals surface area contributed by atoms with Crippen molar-refractivity contribution in [2.24, 2.45) is 5.92 Å². The number of ether oxygens (including phenoxy) is 1. The summed E-state index contributed by atoms with van der Waals surface area (Å²) in [5.41, 5.74) is -0.520. The van der Waals surface area contributed by atoms with Crippen LogP contribution in [0.15, 0.2) is 17.5 Å². The minimum absolute atomic E-state index is 0.0222. The molecule has 1 unspecified atom stereocenters. The molecular formula is C20H31N3O4S. The van der Waals surface area contributed by atoms with E-state index in [9.17, 15) is 14.4 Å². The molecule has 1 aromatic heterocycles. The number of hydrogen-bond donors (Lipinski definition) is 2. The Morgan fingerprint density at radius 1 is 1.21 bits per heavy atom. The molecule has 2 N–H and O–H groups in total. The smallest absolute Gasteiger partial charge is 0.410 e. The van der Waals surface area contributed by atoms with Gasteiger partial charge in [0.2, 0.25) is 5.91 Å². The lowest BCUT2D eigenvalue weighted by atomic mass is 10.0. The molecule has 8 heteroatoms. The summed E-state index contributed by atoms with van der Waals surface area (Å²) in [4.78, 5) is 39.4. The van der Waals surface area contributed by atoms with Gasteiger partial charge in [0.05, 0.1) is 4.88 Å². The molecular weight excluding hydrogens is 378 g/mol. The molecule has 3 amide bonds. The van der Waals surface area contributed by atoms with Gasteiger partial charge >= 0.3 is 6.09 Å². The molecule has 1 saturated heterocycles. The Morgan fingerprint density at radius 2 is 1.86 bits per heavy atom. The maximum Gasteiger partial charge on any atom is 0.410 e. The van der Waals surface area contributed by atoms with Crippen molar-refractivity contribution >= 4 is 29.2 Å². The van der Waals surface area contributed by atoms with Crippen molar-refractivity contribution < 1.29 is 19.1 Å². The second-order valence-corrected chi connectivity index (χ2v) is 9.37. The zero-order valence-corrected chi connectivity index (χ0v) is 18.1. The first-order chi connectivity index (χ1) is 13.1. The van der Waals surface area contributed by atoms with E-state index in [2.05, 4.69) is 10.6 Å². The van der Waals surface area contributed by atoms with Crippen molar-refractivity contribution in [2.45, 2.75) is 65.1 Å². The van der Waals surface area contributed by atoms with Gasteiger partial charge in [0.1, 0.15) is 11.6 Å². The van der Waals surface area contributed by atoms with Crippen LogP contribution >= 0.6 is 11.3 Å². The fourth-order valence-electron chi connectivity index (χ4n) is 2.98. The van der Waals surface area contributed by atoms with Crippen LogP contribution in [0.5, 0.6) is 0 Å². The number of likely N-dealkylation sites (tertiary alicyclic amines) is 1. The van der Waals surface area contributed by atoms with Gasteiger partial charge in [-0.3, -0.25) is 9.59 Å². The van der Waals surface area contributed by atoms with E-state index in [0.29, 0.717) is 30.8 Å². The quantitative estimate of drug-likeness (QED) is 0.782. The highest BCUT2D eigenvalue weighted by Gasteiger charge is 2.30. The molecule has 0 spiro atoms. The summed E-state index contributed by atoms with van der Waals surface area (Å²) in [6, 6.07) is 2.93. The third-order valence-electron chi connectivity index (χ3n) is 4.47. The average Bonchev–Trinajstić information content (AvgIpc) is 3.13. The van der Waals surface area contributed by atoms with E-state index in [1.807, 2.05) is 46.1 Å². The Hall–Kier alpha value is -2.09. The molecule has 1 atom stereocenters. The highest BCUT2D eigenvalue weighted by Crippen LogP contribution is 2.16. The molecule has 0 bridgehead atoms. The van der Waals surface area contributed by atoms with Gasteiger partial charge in [-0.2, -0.15) is 0 Å². The van der Waals surface area contributed by atoms with E-state index in [1.165, 1.54) is 11.3 Å². The summed E-state index contributed by atoms with van der Waals surface area (Å²) < 4.78 is 5.40. The van der Waals surface area contributed by atoms with Crippen LogP contribution in [0.2, 0.25) is 0 Å². The van der Waals surface area contributed by atoms with E-state index in [1.54, 1.807) is 11.0 Å². The van der Waals surface area contributed by atoms with Gasteiger partial charge in [-0.25, -0.2) is 4.79 Å². The van der Waals surface area contributed by atoms with Crippen LogP contribution in [0.25, 0.3) is 0 Å². The van der Waals surface area contributed by atoms with Crippen molar-refractivity contribution in [3.8, 4) is 0 Å². The number of nitrogens with zero attached hydrogens (tertiary/aromatic N) is 1. The zero-order chi connectivity index (χ0) is 20.9. The van der Waals surface area contributed by atoms with Gasteiger partial charge in [0, 0.05) is 19.1 Å². The molecule has 2 heterocycles. The molecule has 1 aliphatic heterocycles. The number of rotatable bonds is 5. The molecule has 1 aromatic rings. The van der Waals surface area contributed by atoms with Gasteiger partial charge in [0.25, 0.3) is 5.91 Å². The normalized spacial score (nSPS) is 16.6. The lowest BCUT2D eigenvalue weighted by molar-refractivity contribution is -0.124. The third-order valence-corrected chi connectivity index (χ3v) is 5.34. The number of nitrogens with one attached hydrogen (secondary N) is 2. The van der Waals surface area contributed by atoms with Crippen LogP contribution < -0.4 is 10.6 Å². The second kappa shape index (κ2) is 9.41. The maximum absolute atomic E-state index is 12.7. The fraction of sp³-hybridized carbons (Fsp3) is 0.650. The van der Waals surface area contributed by atoms with Crippen molar-refractivity contribution in [3.63, 3.8) is 0 Å². The van der Waals surface area contributed by atoms with Gasteiger partial charge < -0.3 is 20.3 Å². The van der Waals surface area contributed by atoms with Gasteiger partial charge in [-0.1, -0.05) is 19.9 Å². The highest BCUT2D eigenvalue weighted by atomic mass is 32.1. The Labute approximate surface area is 170 Å². The highest BCUT2D eigenvalue weighted by molar-refractivity contribution is 7.12. The van der Waals surface area contributed by atoms with Crippen molar-refractivity contribution in [1.82, 2.24) is 15.5 Å². The van der Waals surface area contributed by atoms with Gasteiger partial charge in [0.15, 0.2) is 0 Å². The van der Waals surface area contributed by atoms with Crippen LogP contribution in [0.1, 0.15) is 57.1 Å².